The Morgan fingerprint density at radius 1 is 1.38 bits per heavy atom. The number of nitrogens with zero attached hydrogens (tertiary/aromatic N) is 1. The average molecular weight is 523 g/mol. The lowest BCUT2D eigenvalue weighted by Crippen LogP contribution is -2.27. The van der Waals surface area contributed by atoms with Crippen LogP contribution in [0.15, 0.2) is 12.1 Å². The van der Waals surface area contributed by atoms with Gasteiger partial charge in [-0.3, -0.25) is 5.32 Å². The first kappa shape index (κ1) is 15.3. The summed E-state index contributed by atoms with van der Waals surface area (Å²) in [6, 6.07) is 3.75. The molecule has 1 aromatic heterocycles. The molecular weight excluding hydrogens is 512 g/mol. The number of hydrogen-bond acceptors (Lipinski definition) is 5. The lowest BCUT2D eigenvalue weighted by molar-refractivity contribution is 0.467. The molecule has 0 amide bonds. The van der Waals surface area contributed by atoms with Crippen LogP contribution in [0.2, 0.25) is 0 Å². The first-order valence-electron chi connectivity index (χ1n) is 6.22. The van der Waals surface area contributed by atoms with E-state index in [4.69, 9.17) is 5.73 Å². The van der Waals surface area contributed by atoms with Crippen LogP contribution in [0.5, 0.6) is 5.75 Å². The molecule has 0 fully saturated rings. The highest BCUT2D eigenvalue weighted by atomic mass is 127. The summed E-state index contributed by atoms with van der Waals surface area (Å²) in [6.45, 7) is 0.861. The van der Waals surface area contributed by atoms with E-state index in [0.29, 0.717) is 10.9 Å². The molecular formula is C14H11I2N3OS. The number of halogens is 2. The van der Waals surface area contributed by atoms with Crippen LogP contribution in [0.1, 0.15) is 22.2 Å². The second-order valence-corrected chi connectivity index (χ2v) is 7.94. The number of anilines is 1. The Balaban J connectivity index is 1.92. The van der Waals surface area contributed by atoms with Crippen molar-refractivity contribution in [1.82, 2.24) is 10.3 Å². The largest absolute Gasteiger partial charge is 0.506 e. The monoisotopic (exact) mass is 523 g/mol. The smallest absolute Gasteiger partial charge is 0.180 e. The number of nitrogens with one attached hydrogen (secondary N) is 1. The fraction of sp³-hybridized carbons (Fsp3) is 0.214. The van der Waals surface area contributed by atoms with E-state index in [1.165, 1.54) is 11.3 Å². The highest BCUT2D eigenvalue weighted by Crippen LogP contribution is 2.30. The highest BCUT2D eigenvalue weighted by molar-refractivity contribution is 14.1. The number of thiazole rings is 1. The topological polar surface area (TPSA) is 71.2 Å². The van der Waals surface area contributed by atoms with E-state index in [1.807, 2.05) is 12.1 Å². The molecule has 1 aliphatic rings. The molecule has 0 spiro atoms. The van der Waals surface area contributed by atoms with Gasteiger partial charge >= 0.3 is 0 Å². The summed E-state index contributed by atoms with van der Waals surface area (Å²) in [4.78, 5) is 5.47. The number of nitrogen functional groups attached to an aromatic ring is 1. The quantitative estimate of drug-likeness (QED) is 0.367. The zero-order valence-electron chi connectivity index (χ0n) is 10.8. The van der Waals surface area contributed by atoms with Crippen LogP contribution in [-0.2, 0) is 6.42 Å². The number of rotatable bonds is 0. The zero-order valence-corrected chi connectivity index (χ0v) is 15.9. The number of aromatic hydroxyl groups is 1. The average Bonchev–Trinajstić information content (AvgIpc) is 2.83. The summed E-state index contributed by atoms with van der Waals surface area (Å²) in [5.41, 5.74) is 7.74. The predicted molar refractivity (Wildman–Crippen MR) is 101 cm³/mol. The van der Waals surface area contributed by atoms with Crippen molar-refractivity contribution in [2.24, 2.45) is 0 Å². The van der Waals surface area contributed by atoms with Crippen molar-refractivity contribution < 1.29 is 5.11 Å². The van der Waals surface area contributed by atoms with Crippen molar-refractivity contribution in [1.29, 1.82) is 0 Å². The second kappa shape index (κ2) is 6.28. The fourth-order valence-electron chi connectivity index (χ4n) is 2.12. The zero-order chi connectivity index (χ0) is 15.0. The van der Waals surface area contributed by atoms with Gasteiger partial charge in [-0.2, -0.15) is 0 Å². The molecule has 2 aromatic rings. The molecule has 1 atom stereocenters. The second-order valence-electron chi connectivity index (χ2n) is 4.56. The molecule has 0 radical (unpaired) electrons. The molecule has 7 heteroatoms. The summed E-state index contributed by atoms with van der Waals surface area (Å²) in [7, 11) is 0. The van der Waals surface area contributed by atoms with Crippen molar-refractivity contribution in [3.63, 3.8) is 0 Å². The Labute approximate surface area is 153 Å². The molecule has 0 saturated carbocycles. The van der Waals surface area contributed by atoms with Gasteiger partial charge in [0.25, 0.3) is 0 Å². The van der Waals surface area contributed by atoms with Crippen LogP contribution in [0.4, 0.5) is 5.13 Å². The first-order valence-corrected chi connectivity index (χ1v) is 9.20. The Kier molecular flexibility index (Phi) is 4.58. The van der Waals surface area contributed by atoms with Crippen molar-refractivity contribution in [2.45, 2.75) is 12.5 Å². The number of phenols is 1. The van der Waals surface area contributed by atoms with Crippen molar-refractivity contribution in [2.75, 3.05) is 12.3 Å². The summed E-state index contributed by atoms with van der Waals surface area (Å²) < 4.78 is 1.62. The van der Waals surface area contributed by atoms with Crippen molar-refractivity contribution in [3.05, 3.63) is 35.4 Å². The van der Waals surface area contributed by atoms with Crippen LogP contribution >= 0.6 is 56.5 Å². The molecule has 0 saturated heterocycles. The highest BCUT2D eigenvalue weighted by Gasteiger charge is 2.22. The van der Waals surface area contributed by atoms with E-state index in [2.05, 4.69) is 67.3 Å². The Bertz CT molecular complexity index is 740. The summed E-state index contributed by atoms with van der Waals surface area (Å²) in [5, 5.41) is 13.8. The van der Waals surface area contributed by atoms with E-state index in [9.17, 15) is 5.11 Å². The van der Waals surface area contributed by atoms with Gasteiger partial charge in [-0.1, -0.05) is 23.2 Å². The lowest BCUT2D eigenvalue weighted by atomic mass is 10.1. The third kappa shape index (κ3) is 3.28. The molecule has 0 aliphatic carbocycles. The van der Waals surface area contributed by atoms with Crippen LogP contribution in [0, 0.1) is 19.0 Å². The van der Waals surface area contributed by atoms with Gasteiger partial charge in [0.05, 0.1) is 17.7 Å². The van der Waals surface area contributed by atoms with Gasteiger partial charge < -0.3 is 10.8 Å². The molecule has 108 valence electrons. The van der Waals surface area contributed by atoms with Gasteiger partial charge in [0, 0.05) is 18.5 Å². The molecule has 21 heavy (non-hydrogen) atoms. The van der Waals surface area contributed by atoms with E-state index < -0.39 is 0 Å². The molecule has 4 nitrogen and oxygen atoms in total. The van der Waals surface area contributed by atoms with Gasteiger partial charge in [0.15, 0.2) is 5.13 Å². The molecule has 1 aromatic carbocycles. The van der Waals surface area contributed by atoms with Crippen LogP contribution in [0.25, 0.3) is 0 Å². The minimum atomic E-state index is -0.0207. The van der Waals surface area contributed by atoms with Gasteiger partial charge in [0.1, 0.15) is 11.8 Å². The van der Waals surface area contributed by atoms with Crippen LogP contribution in [-0.4, -0.2) is 16.6 Å². The standard InChI is InChI=1S/C14H11I2N3OS/c15-8-5-7(6-9(16)12(8)20)1-2-10-13-11(3-4-18-10)19-14(17)21-13/h5-6,10,18,20H,3-4H2,(H2,17,19). The summed E-state index contributed by atoms with van der Waals surface area (Å²) >= 11 is 5.72. The minimum absolute atomic E-state index is 0.0207. The normalized spacial score (nSPS) is 17.0. The predicted octanol–water partition coefficient (Wildman–Crippen LogP) is 2.88. The third-order valence-electron chi connectivity index (χ3n) is 3.09. The maximum atomic E-state index is 9.78. The van der Waals surface area contributed by atoms with E-state index in [1.54, 1.807) is 0 Å². The molecule has 3 rings (SSSR count). The number of nitrogens with two attached hydrogens (primary N) is 1. The minimum Gasteiger partial charge on any atom is -0.506 e. The van der Waals surface area contributed by atoms with E-state index in [-0.39, 0.29) is 6.04 Å². The Morgan fingerprint density at radius 3 is 2.81 bits per heavy atom. The van der Waals surface area contributed by atoms with Crippen LogP contribution in [0.3, 0.4) is 0 Å². The third-order valence-corrected chi connectivity index (χ3v) is 5.73. The maximum absolute atomic E-state index is 9.78. The number of benzene rings is 1. The maximum Gasteiger partial charge on any atom is 0.180 e. The van der Waals surface area contributed by atoms with E-state index >= 15 is 0 Å². The molecule has 1 unspecified atom stereocenters. The van der Waals surface area contributed by atoms with Crippen molar-refractivity contribution >= 4 is 61.7 Å². The number of hydrogen-bond donors (Lipinski definition) is 3. The number of aromatic nitrogens is 1. The van der Waals surface area contributed by atoms with Crippen molar-refractivity contribution in [3.8, 4) is 17.6 Å². The number of fused-ring (bicyclic) bond motifs is 1. The molecule has 4 N–H and O–H groups in total. The summed E-state index contributed by atoms with van der Waals surface area (Å²) in [5.74, 6) is 6.74. The van der Waals surface area contributed by atoms with E-state index in [0.717, 1.165) is 36.2 Å². The summed E-state index contributed by atoms with van der Waals surface area (Å²) in [6.07, 6.45) is 0.899. The molecule has 2 heterocycles. The molecule has 1 aliphatic heterocycles. The molecule has 0 bridgehead atoms. The first-order chi connectivity index (χ1) is 10.0. The van der Waals surface area contributed by atoms with Gasteiger partial charge in [0.2, 0.25) is 0 Å². The SMILES string of the molecule is Nc1nc2c(s1)C(C#Cc1cc(I)c(O)c(I)c1)NCC2. The van der Waals surface area contributed by atoms with Crippen LogP contribution < -0.4 is 11.1 Å². The van der Waals surface area contributed by atoms with Gasteiger partial charge in [-0.05, 0) is 57.3 Å². The fourth-order valence-corrected chi connectivity index (χ4v) is 4.80. The Hall–Kier alpha value is -0.570. The van der Waals surface area contributed by atoms with Gasteiger partial charge in [-0.25, -0.2) is 4.98 Å². The van der Waals surface area contributed by atoms with Gasteiger partial charge in [-0.15, -0.1) is 0 Å². The number of phenolic OH excluding ortho intramolecular Hbond substituents is 1. The lowest BCUT2D eigenvalue weighted by Gasteiger charge is -2.17. The Morgan fingerprint density at radius 2 is 2.10 bits per heavy atom.